The highest BCUT2D eigenvalue weighted by Crippen LogP contribution is 2.07. The number of hydrogen-bond acceptors (Lipinski definition) is 3. The molecular weight excluding hydrogens is 178 g/mol. The third-order valence-corrected chi connectivity index (χ3v) is 1.75. The van der Waals surface area contributed by atoms with Crippen molar-refractivity contribution < 1.29 is 5.21 Å². The van der Waals surface area contributed by atoms with Crippen LogP contribution in [0.1, 0.15) is 25.5 Å². The van der Waals surface area contributed by atoms with Gasteiger partial charge < -0.3 is 5.21 Å². The highest BCUT2D eigenvalue weighted by atomic mass is 35.5. The molecule has 66 valence electrons. The van der Waals surface area contributed by atoms with E-state index in [-0.39, 0.29) is 11.2 Å². The zero-order valence-corrected chi connectivity index (χ0v) is 7.65. The molecule has 1 heterocycles. The van der Waals surface area contributed by atoms with Crippen LogP contribution in [0.15, 0.2) is 17.5 Å². The molecule has 1 aromatic heterocycles. The van der Waals surface area contributed by atoms with Gasteiger partial charge in [0, 0.05) is 12.2 Å². The first-order chi connectivity index (χ1) is 5.65. The van der Waals surface area contributed by atoms with Crippen molar-refractivity contribution in [2.24, 2.45) is 5.16 Å². The zero-order valence-electron chi connectivity index (χ0n) is 6.90. The highest BCUT2D eigenvalue weighted by Gasteiger charge is 2.05. The predicted molar refractivity (Wildman–Crippen MR) is 46.8 cm³/mol. The van der Waals surface area contributed by atoms with Crippen molar-refractivity contribution >= 4 is 16.8 Å². The van der Waals surface area contributed by atoms with E-state index in [1.54, 1.807) is 17.1 Å². The molecule has 5 heteroatoms. The molecule has 0 bridgehead atoms. The van der Waals surface area contributed by atoms with Crippen molar-refractivity contribution in [1.82, 2.24) is 9.78 Å². The Bertz CT molecular complexity index is 293. The standard InChI is InChI=1S/C7H10ClN3O/c1-5(2)11-4-6(3-9-11)7(8)10-12/h3-5,12H,1-2H3. The van der Waals surface area contributed by atoms with Crippen molar-refractivity contribution in [3.63, 3.8) is 0 Å². The molecule has 0 atom stereocenters. The maximum Gasteiger partial charge on any atom is 0.178 e. The number of aromatic nitrogens is 2. The molecule has 1 aromatic rings. The summed E-state index contributed by atoms with van der Waals surface area (Å²) in [6.45, 7) is 4.00. The molecule has 1 rings (SSSR count). The van der Waals surface area contributed by atoms with E-state index < -0.39 is 0 Å². The lowest BCUT2D eigenvalue weighted by Crippen LogP contribution is -2.00. The topological polar surface area (TPSA) is 50.4 Å². The van der Waals surface area contributed by atoms with Crippen molar-refractivity contribution in [3.05, 3.63) is 18.0 Å². The Kier molecular flexibility index (Phi) is 2.70. The molecule has 1 N–H and O–H groups in total. The van der Waals surface area contributed by atoms with E-state index in [1.165, 1.54) is 0 Å². The van der Waals surface area contributed by atoms with Crippen molar-refractivity contribution in [3.8, 4) is 0 Å². The Morgan fingerprint density at radius 2 is 2.42 bits per heavy atom. The number of oxime groups is 1. The van der Waals surface area contributed by atoms with Gasteiger partial charge in [0.25, 0.3) is 0 Å². The minimum absolute atomic E-state index is 0.0573. The largest absolute Gasteiger partial charge is 0.410 e. The molecule has 12 heavy (non-hydrogen) atoms. The molecule has 0 fully saturated rings. The Morgan fingerprint density at radius 1 is 1.75 bits per heavy atom. The third kappa shape index (κ3) is 1.76. The molecule has 0 saturated carbocycles. The summed E-state index contributed by atoms with van der Waals surface area (Å²) in [5.74, 6) is 0. The van der Waals surface area contributed by atoms with Crippen LogP contribution in [0.4, 0.5) is 0 Å². The van der Waals surface area contributed by atoms with Gasteiger partial charge in [-0.2, -0.15) is 5.10 Å². The summed E-state index contributed by atoms with van der Waals surface area (Å²) in [4.78, 5) is 0. The fourth-order valence-corrected chi connectivity index (χ4v) is 0.882. The van der Waals surface area contributed by atoms with Crippen LogP contribution in [0.2, 0.25) is 0 Å². The average Bonchev–Trinajstić information content (AvgIpc) is 2.51. The van der Waals surface area contributed by atoms with Gasteiger partial charge in [-0.1, -0.05) is 16.8 Å². The number of halogens is 1. The molecular formula is C7H10ClN3O. The summed E-state index contributed by atoms with van der Waals surface area (Å²) >= 11 is 5.56. The van der Waals surface area contributed by atoms with E-state index in [9.17, 15) is 0 Å². The zero-order chi connectivity index (χ0) is 9.14. The maximum atomic E-state index is 8.36. The summed E-state index contributed by atoms with van der Waals surface area (Å²) in [7, 11) is 0. The fourth-order valence-electron chi connectivity index (χ4n) is 0.785. The van der Waals surface area contributed by atoms with Gasteiger partial charge in [-0.25, -0.2) is 0 Å². The lowest BCUT2D eigenvalue weighted by atomic mass is 10.4. The van der Waals surface area contributed by atoms with Crippen LogP contribution in [-0.4, -0.2) is 20.2 Å². The van der Waals surface area contributed by atoms with E-state index in [2.05, 4.69) is 10.3 Å². The van der Waals surface area contributed by atoms with Gasteiger partial charge in [0.15, 0.2) is 5.17 Å². The van der Waals surface area contributed by atoms with E-state index in [0.717, 1.165) is 0 Å². The van der Waals surface area contributed by atoms with Gasteiger partial charge in [-0.05, 0) is 13.8 Å². The van der Waals surface area contributed by atoms with Crippen LogP contribution >= 0.6 is 11.6 Å². The van der Waals surface area contributed by atoms with Crippen molar-refractivity contribution in [2.75, 3.05) is 0 Å². The minimum atomic E-state index is 0.0573. The predicted octanol–water partition coefficient (Wildman–Crippen LogP) is 1.84. The summed E-state index contributed by atoms with van der Waals surface area (Å²) in [6.07, 6.45) is 3.29. The van der Waals surface area contributed by atoms with Crippen LogP contribution in [0.3, 0.4) is 0 Å². The van der Waals surface area contributed by atoms with Gasteiger partial charge >= 0.3 is 0 Å². The fraction of sp³-hybridized carbons (Fsp3) is 0.429. The molecule has 0 aliphatic rings. The summed E-state index contributed by atoms with van der Waals surface area (Å²) in [5, 5.41) is 15.3. The van der Waals surface area contributed by atoms with E-state index >= 15 is 0 Å². The monoisotopic (exact) mass is 187 g/mol. The minimum Gasteiger partial charge on any atom is -0.410 e. The Labute approximate surface area is 75.4 Å². The summed E-state index contributed by atoms with van der Waals surface area (Å²) in [6, 6.07) is 0.280. The second-order valence-corrected chi connectivity index (χ2v) is 3.05. The first-order valence-corrected chi connectivity index (χ1v) is 3.95. The molecule has 0 aliphatic carbocycles. The van der Waals surface area contributed by atoms with E-state index in [0.29, 0.717) is 5.56 Å². The first kappa shape index (κ1) is 9.06. The number of rotatable bonds is 2. The lowest BCUT2D eigenvalue weighted by molar-refractivity contribution is 0.321. The van der Waals surface area contributed by atoms with Gasteiger partial charge in [0.05, 0.1) is 11.8 Å². The van der Waals surface area contributed by atoms with Crippen molar-refractivity contribution in [2.45, 2.75) is 19.9 Å². The van der Waals surface area contributed by atoms with Crippen LogP contribution in [0.5, 0.6) is 0 Å². The van der Waals surface area contributed by atoms with Crippen molar-refractivity contribution in [1.29, 1.82) is 0 Å². The average molecular weight is 188 g/mol. The molecule has 0 spiro atoms. The summed E-state index contributed by atoms with van der Waals surface area (Å²) < 4.78 is 1.74. The van der Waals surface area contributed by atoms with Crippen LogP contribution < -0.4 is 0 Å². The maximum absolute atomic E-state index is 8.36. The SMILES string of the molecule is CC(C)n1cc(C(Cl)=NO)cn1. The van der Waals surface area contributed by atoms with Gasteiger partial charge in [0.1, 0.15) is 0 Å². The van der Waals surface area contributed by atoms with Crippen LogP contribution in [-0.2, 0) is 0 Å². The molecule has 0 aliphatic heterocycles. The Balaban J connectivity index is 2.92. The lowest BCUT2D eigenvalue weighted by Gasteiger charge is -2.02. The number of nitrogens with zero attached hydrogens (tertiary/aromatic N) is 3. The van der Waals surface area contributed by atoms with Crippen LogP contribution in [0, 0.1) is 0 Å². The quantitative estimate of drug-likeness (QED) is 0.436. The normalized spacial score (nSPS) is 12.5. The van der Waals surface area contributed by atoms with Gasteiger partial charge in [-0.3, -0.25) is 4.68 Å². The molecule has 0 unspecified atom stereocenters. The second kappa shape index (κ2) is 3.58. The van der Waals surface area contributed by atoms with Crippen LogP contribution in [0.25, 0.3) is 0 Å². The summed E-state index contributed by atoms with van der Waals surface area (Å²) in [5.41, 5.74) is 0.618. The highest BCUT2D eigenvalue weighted by molar-refractivity contribution is 6.69. The second-order valence-electron chi connectivity index (χ2n) is 2.69. The first-order valence-electron chi connectivity index (χ1n) is 3.57. The smallest absolute Gasteiger partial charge is 0.178 e. The van der Waals surface area contributed by atoms with E-state index in [1.807, 2.05) is 13.8 Å². The molecule has 0 amide bonds. The Morgan fingerprint density at radius 3 is 2.83 bits per heavy atom. The third-order valence-electron chi connectivity index (χ3n) is 1.46. The molecule has 0 saturated heterocycles. The molecule has 0 radical (unpaired) electrons. The van der Waals surface area contributed by atoms with Gasteiger partial charge in [0.2, 0.25) is 0 Å². The van der Waals surface area contributed by atoms with Gasteiger partial charge in [-0.15, -0.1) is 0 Å². The Hall–Kier alpha value is -1.03. The number of hydrogen-bond donors (Lipinski definition) is 1. The van der Waals surface area contributed by atoms with E-state index in [4.69, 9.17) is 16.8 Å². The molecule has 0 aromatic carbocycles. The molecule has 4 nitrogen and oxygen atoms in total.